The third kappa shape index (κ3) is 5.76. The highest BCUT2D eigenvalue weighted by Gasteiger charge is 2.37. The Labute approximate surface area is 245 Å². The quantitative estimate of drug-likeness (QED) is 0.195. The van der Waals surface area contributed by atoms with E-state index in [2.05, 4.69) is 26.3 Å². The molecule has 0 bridgehead atoms. The molecule has 3 aromatic carbocycles. The molecule has 0 spiro atoms. The topological polar surface area (TPSA) is 120 Å². The molecule has 0 radical (unpaired) electrons. The van der Waals surface area contributed by atoms with E-state index in [4.69, 9.17) is 4.74 Å². The summed E-state index contributed by atoms with van der Waals surface area (Å²) in [6.45, 7) is 0.454. The smallest absolute Gasteiger partial charge is 0.328 e. The third-order valence-electron chi connectivity index (χ3n) is 6.57. The van der Waals surface area contributed by atoms with Gasteiger partial charge in [0.05, 0.1) is 10.6 Å². The molecule has 1 fully saturated rings. The van der Waals surface area contributed by atoms with Gasteiger partial charge in [0.25, 0.3) is 5.91 Å². The zero-order chi connectivity index (χ0) is 30.1. The Morgan fingerprint density at radius 2 is 1.86 bits per heavy atom. The number of amides is 2. The molecule has 2 heterocycles. The summed E-state index contributed by atoms with van der Waals surface area (Å²) in [5.41, 5.74) is -0.298. The second-order valence-electron chi connectivity index (χ2n) is 9.35. The number of aromatic nitrogens is 2. The number of hydrogen-bond acceptors (Lipinski definition) is 6. The maximum absolute atomic E-state index is 15.2. The van der Waals surface area contributed by atoms with Crippen LogP contribution >= 0.6 is 15.9 Å². The van der Waals surface area contributed by atoms with E-state index in [1.54, 1.807) is 23.0 Å². The lowest BCUT2D eigenvalue weighted by molar-refractivity contribution is -0.386. The first-order valence-electron chi connectivity index (χ1n) is 12.5. The van der Waals surface area contributed by atoms with Crippen molar-refractivity contribution in [2.45, 2.75) is 19.6 Å². The molecule has 2 amide bonds. The Bertz CT molecular complexity index is 1700. The Morgan fingerprint density at radius 1 is 1.17 bits per heavy atom. The molecule has 216 valence electrons. The summed E-state index contributed by atoms with van der Waals surface area (Å²) in [5.74, 6) is -4.26. The molecule has 0 saturated carbocycles. The highest BCUT2D eigenvalue weighted by molar-refractivity contribution is 9.10. The normalized spacial score (nSPS) is 14.8. The average molecular weight is 644 g/mol. The van der Waals surface area contributed by atoms with Gasteiger partial charge in [-0.15, -0.1) is 0 Å². The zero-order valence-corrected chi connectivity index (χ0v) is 23.4. The predicted octanol–water partition coefficient (Wildman–Crippen LogP) is 5.69. The number of halogens is 4. The van der Waals surface area contributed by atoms with Gasteiger partial charge in [0, 0.05) is 46.9 Å². The molecule has 14 heteroatoms. The maximum Gasteiger partial charge on any atom is 0.328 e. The molecule has 1 atom stereocenters. The van der Waals surface area contributed by atoms with Crippen LogP contribution in [0.4, 0.5) is 24.5 Å². The number of nitrogens with zero attached hydrogens (tertiary/aromatic N) is 4. The van der Waals surface area contributed by atoms with Gasteiger partial charge in [-0.3, -0.25) is 19.7 Å². The highest BCUT2D eigenvalue weighted by Crippen LogP contribution is 2.37. The van der Waals surface area contributed by atoms with Crippen LogP contribution in [-0.4, -0.2) is 44.6 Å². The minimum atomic E-state index is -1.46. The van der Waals surface area contributed by atoms with Gasteiger partial charge in [0.1, 0.15) is 29.6 Å². The summed E-state index contributed by atoms with van der Waals surface area (Å²) in [6.07, 6.45) is 0.186. The minimum absolute atomic E-state index is 0.264. The van der Waals surface area contributed by atoms with Crippen molar-refractivity contribution in [3.05, 3.63) is 104 Å². The Balaban J connectivity index is 1.51. The van der Waals surface area contributed by atoms with E-state index in [0.29, 0.717) is 28.6 Å². The van der Waals surface area contributed by atoms with Crippen molar-refractivity contribution in [1.29, 1.82) is 0 Å². The van der Waals surface area contributed by atoms with Crippen LogP contribution in [0.15, 0.2) is 65.3 Å². The van der Waals surface area contributed by atoms with Crippen molar-refractivity contribution < 1.29 is 32.4 Å². The van der Waals surface area contributed by atoms with Gasteiger partial charge in [-0.1, -0.05) is 15.9 Å². The number of nitro groups is 1. The van der Waals surface area contributed by atoms with Crippen molar-refractivity contribution in [2.75, 3.05) is 18.5 Å². The van der Waals surface area contributed by atoms with Crippen molar-refractivity contribution in [1.82, 2.24) is 14.7 Å². The fourth-order valence-electron chi connectivity index (χ4n) is 4.65. The van der Waals surface area contributed by atoms with Crippen LogP contribution in [-0.2, 0) is 20.7 Å². The van der Waals surface area contributed by atoms with Crippen LogP contribution in [0, 0.1) is 27.6 Å². The monoisotopic (exact) mass is 643 g/mol. The van der Waals surface area contributed by atoms with E-state index in [1.165, 1.54) is 29.2 Å². The van der Waals surface area contributed by atoms with E-state index in [-0.39, 0.29) is 13.2 Å². The Morgan fingerprint density at radius 3 is 2.50 bits per heavy atom. The van der Waals surface area contributed by atoms with Crippen molar-refractivity contribution in [2.24, 2.45) is 0 Å². The highest BCUT2D eigenvalue weighted by atomic mass is 79.9. The molecule has 4 aromatic rings. The molecule has 1 aliphatic rings. The van der Waals surface area contributed by atoms with Crippen LogP contribution < -0.4 is 5.32 Å². The molecule has 10 nitrogen and oxygen atoms in total. The predicted molar refractivity (Wildman–Crippen MR) is 148 cm³/mol. The molecule has 1 aromatic heterocycles. The van der Waals surface area contributed by atoms with Gasteiger partial charge in [-0.2, -0.15) is 9.49 Å². The number of ether oxygens (including phenoxy) is 1. The lowest BCUT2D eigenvalue weighted by Gasteiger charge is -2.23. The fraction of sp³-hybridized carbons (Fsp3) is 0.179. The van der Waals surface area contributed by atoms with E-state index in [1.807, 2.05) is 12.1 Å². The lowest BCUT2D eigenvalue weighted by Crippen LogP contribution is -2.31. The first kappa shape index (κ1) is 29.0. The number of hydrogen-bond donors (Lipinski definition) is 1. The minimum Gasteiger partial charge on any atom is -0.344 e. The molecule has 1 aliphatic heterocycles. The van der Waals surface area contributed by atoms with Gasteiger partial charge >= 0.3 is 5.69 Å². The number of carbonyl (C=O) groups is 2. The number of rotatable bonds is 8. The van der Waals surface area contributed by atoms with Crippen molar-refractivity contribution in [3.63, 3.8) is 0 Å². The van der Waals surface area contributed by atoms with Crippen LogP contribution in [0.1, 0.15) is 24.3 Å². The summed E-state index contributed by atoms with van der Waals surface area (Å²) in [5, 5.41) is 18.3. The molecule has 5 rings (SSSR count). The lowest BCUT2D eigenvalue weighted by atomic mass is 10.1. The van der Waals surface area contributed by atoms with Crippen LogP contribution in [0.2, 0.25) is 0 Å². The van der Waals surface area contributed by atoms with Gasteiger partial charge < -0.3 is 15.0 Å². The van der Waals surface area contributed by atoms with Crippen molar-refractivity contribution >= 4 is 39.1 Å². The van der Waals surface area contributed by atoms with Crippen LogP contribution in [0.5, 0.6) is 0 Å². The molecule has 1 saturated heterocycles. The van der Waals surface area contributed by atoms with Crippen LogP contribution in [0.3, 0.4) is 0 Å². The van der Waals surface area contributed by atoms with E-state index in [9.17, 15) is 28.5 Å². The molecular weight excluding hydrogens is 623 g/mol. The zero-order valence-electron chi connectivity index (χ0n) is 21.8. The molecule has 1 N–H and O–H groups in total. The summed E-state index contributed by atoms with van der Waals surface area (Å²) >= 11 is 3.38. The molecule has 0 aliphatic carbocycles. The van der Waals surface area contributed by atoms with E-state index >= 15 is 4.39 Å². The van der Waals surface area contributed by atoms with Crippen LogP contribution in [0.25, 0.3) is 16.9 Å². The second kappa shape index (κ2) is 11.7. The Kier molecular flexibility index (Phi) is 8.09. The van der Waals surface area contributed by atoms with Gasteiger partial charge in [-0.25, -0.2) is 13.5 Å². The van der Waals surface area contributed by atoms with Gasteiger partial charge in [0.2, 0.25) is 11.7 Å². The van der Waals surface area contributed by atoms with Crippen molar-refractivity contribution in [3.8, 4) is 16.9 Å². The summed E-state index contributed by atoms with van der Waals surface area (Å²) in [6, 6.07) is 13.5. The molecule has 42 heavy (non-hydrogen) atoms. The molecule has 1 unspecified atom stereocenters. The number of nitro benzene ring substituents is 1. The number of benzene rings is 3. The number of nitrogens with one attached hydrogen (secondary N) is 1. The summed E-state index contributed by atoms with van der Waals surface area (Å²) in [7, 11) is 0. The van der Waals surface area contributed by atoms with E-state index in [0.717, 1.165) is 11.4 Å². The standard InChI is InChI=1S/C28H21BrF3N5O5/c1-15(38)33-23-12-22(31)20(25(32)27(23)37(40)41)10-11-35-24(39)14-42-28(35)21-13-36(19-8-4-17(29)5-9-19)34-26(21)16-2-6-18(30)7-3-16/h2-9,12-13,28H,10-11,14H2,1H3,(H,33,38). The first-order valence-corrected chi connectivity index (χ1v) is 13.3. The number of anilines is 1. The maximum atomic E-state index is 15.2. The second-order valence-corrected chi connectivity index (χ2v) is 10.3. The van der Waals surface area contributed by atoms with Gasteiger partial charge in [0.15, 0.2) is 6.23 Å². The van der Waals surface area contributed by atoms with Gasteiger partial charge in [-0.05, 0) is 55.0 Å². The summed E-state index contributed by atoms with van der Waals surface area (Å²) < 4.78 is 52.0. The SMILES string of the molecule is CC(=O)Nc1cc(F)c(CCN2C(=O)COC2c2cn(-c3ccc(Br)cc3)nc2-c2ccc(F)cc2)c(F)c1[N+](=O)[O-]. The molecular formula is C28H21BrF3N5O5. The van der Waals surface area contributed by atoms with E-state index < -0.39 is 63.8 Å². The largest absolute Gasteiger partial charge is 0.344 e. The summed E-state index contributed by atoms with van der Waals surface area (Å²) in [4.78, 5) is 36.0. The first-order chi connectivity index (χ1) is 20.0. The number of carbonyl (C=O) groups excluding carboxylic acids is 2. The fourth-order valence-corrected chi connectivity index (χ4v) is 4.92. The Hall–Kier alpha value is -4.56. The average Bonchev–Trinajstić information content (AvgIpc) is 3.52. The third-order valence-corrected chi connectivity index (χ3v) is 7.10.